The van der Waals surface area contributed by atoms with Crippen LogP contribution in [0.4, 0.5) is 0 Å². The summed E-state index contributed by atoms with van der Waals surface area (Å²) in [6, 6.07) is 7.29. The van der Waals surface area contributed by atoms with Gasteiger partial charge in [0.1, 0.15) is 0 Å². The van der Waals surface area contributed by atoms with Gasteiger partial charge in [-0.05, 0) is 43.4 Å². The minimum absolute atomic E-state index is 0.123. The number of nitrogens with zero attached hydrogens (tertiary/aromatic N) is 3. The van der Waals surface area contributed by atoms with E-state index in [2.05, 4.69) is 17.2 Å². The highest BCUT2D eigenvalue weighted by atomic mass is 32.2. The maximum Gasteiger partial charge on any atom is 0.178 e. The molecule has 0 aliphatic carbocycles. The molecule has 1 atom stereocenters. The predicted octanol–water partition coefficient (Wildman–Crippen LogP) is 2.83. The van der Waals surface area contributed by atoms with E-state index in [-0.39, 0.29) is 11.7 Å². The topological polar surface area (TPSA) is 64.8 Å². The van der Waals surface area contributed by atoms with Gasteiger partial charge in [-0.3, -0.25) is 4.68 Å². The van der Waals surface area contributed by atoms with E-state index in [1.807, 2.05) is 25.3 Å². The summed E-state index contributed by atoms with van der Waals surface area (Å²) in [6.45, 7) is 6.60. The van der Waals surface area contributed by atoms with Crippen LogP contribution in [-0.4, -0.2) is 29.2 Å². The Bertz CT molecular complexity index is 722. The van der Waals surface area contributed by atoms with E-state index in [1.165, 1.54) is 0 Å². The Balaban J connectivity index is 2.25. The molecule has 0 bridgehead atoms. The summed E-state index contributed by atoms with van der Waals surface area (Å²) < 4.78 is 25.9. The molecule has 22 heavy (non-hydrogen) atoms. The molecule has 2 rings (SSSR count). The third-order valence-electron chi connectivity index (χ3n) is 3.93. The molecule has 120 valence electrons. The largest absolute Gasteiger partial charge is 0.253 e. The standard InChI is InChI=1S/C16H23N3O2S/c1-4-13(10-15-12-19(5-2)18-17-15)14-8-7-9-16(11-14)22(20,21)6-3/h7-9,11-13H,4-6,10H2,1-3H3. The van der Waals surface area contributed by atoms with Crippen LogP contribution in [-0.2, 0) is 22.8 Å². The Morgan fingerprint density at radius 1 is 1.23 bits per heavy atom. The average Bonchev–Trinajstić information content (AvgIpc) is 3.00. The molecular weight excluding hydrogens is 298 g/mol. The monoisotopic (exact) mass is 321 g/mol. The van der Waals surface area contributed by atoms with Crippen LogP contribution in [0.2, 0.25) is 0 Å². The normalized spacial score (nSPS) is 13.2. The first-order valence-corrected chi connectivity index (χ1v) is 9.37. The lowest BCUT2D eigenvalue weighted by molar-refractivity contribution is 0.596. The van der Waals surface area contributed by atoms with Crippen LogP contribution in [0.5, 0.6) is 0 Å². The van der Waals surface area contributed by atoms with Crippen LogP contribution in [0.1, 0.15) is 44.4 Å². The SMILES string of the molecule is CCC(Cc1cn(CC)nn1)c1cccc(S(=O)(=O)CC)c1. The maximum atomic E-state index is 12.0. The van der Waals surface area contributed by atoms with Crippen LogP contribution in [0.25, 0.3) is 0 Å². The van der Waals surface area contributed by atoms with Gasteiger partial charge in [-0.2, -0.15) is 0 Å². The quantitative estimate of drug-likeness (QED) is 0.786. The van der Waals surface area contributed by atoms with Crippen LogP contribution in [0.15, 0.2) is 35.4 Å². The van der Waals surface area contributed by atoms with Crippen molar-refractivity contribution >= 4 is 9.84 Å². The highest BCUT2D eigenvalue weighted by Gasteiger charge is 2.17. The Kier molecular flexibility index (Phi) is 5.34. The van der Waals surface area contributed by atoms with Crippen molar-refractivity contribution in [1.82, 2.24) is 15.0 Å². The summed E-state index contributed by atoms with van der Waals surface area (Å²) in [6.07, 6.45) is 3.65. The number of aryl methyl sites for hydroxylation is 1. The Hall–Kier alpha value is -1.69. The van der Waals surface area contributed by atoms with Crippen molar-refractivity contribution in [3.05, 3.63) is 41.7 Å². The highest BCUT2D eigenvalue weighted by Crippen LogP contribution is 2.26. The first-order valence-electron chi connectivity index (χ1n) is 7.71. The zero-order valence-corrected chi connectivity index (χ0v) is 14.2. The molecule has 1 aromatic carbocycles. The maximum absolute atomic E-state index is 12.0. The van der Waals surface area contributed by atoms with E-state index in [4.69, 9.17) is 0 Å². The fraction of sp³-hybridized carbons (Fsp3) is 0.500. The minimum atomic E-state index is -3.17. The van der Waals surface area contributed by atoms with Crippen LogP contribution in [0.3, 0.4) is 0 Å². The van der Waals surface area contributed by atoms with Gasteiger partial charge in [0.05, 0.1) is 16.3 Å². The second-order valence-corrected chi connectivity index (χ2v) is 7.63. The fourth-order valence-electron chi connectivity index (χ4n) is 2.47. The lowest BCUT2D eigenvalue weighted by Gasteiger charge is -2.15. The van der Waals surface area contributed by atoms with Crippen molar-refractivity contribution in [2.75, 3.05) is 5.75 Å². The molecule has 1 heterocycles. The van der Waals surface area contributed by atoms with E-state index in [0.717, 1.165) is 30.6 Å². The van der Waals surface area contributed by atoms with Gasteiger partial charge in [0.25, 0.3) is 0 Å². The van der Waals surface area contributed by atoms with Crippen molar-refractivity contribution in [2.45, 2.75) is 51.0 Å². The third kappa shape index (κ3) is 3.74. The van der Waals surface area contributed by atoms with E-state index >= 15 is 0 Å². The molecular formula is C16H23N3O2S. The molecule has 1 unspecified atom stereocenters. The van der Waals surface area contributed by atoms with Gasteiger partial charge in [-0.15, -0.1) is 5.10 Å². The Morgan fingerprint density at radius 3 is 2.59 bits per heavy atom. The van der Waals surface area contributed by atoms with E-state index < -0.39 is 9.84 Å². The third-order valence-corrected chi connectivity index (χ3v) is 5.66. The summed E-state index contributed by atoms with van der Waals surface area (Å²) >= 11 is 0. The van der Waals surface area contributed by atoms with Gasteiger partial charge in [0.2, 0.25) is 0 Å². The zero-order valence-electron chi connectivity index (χ0n) is 13.4. The Morgan fingerprint density at radius 2 is 2.00 bits per heavy atom. The number of benzene rings is 1. The highest BCUT2D eigenvalue weighted by molar-refractivity contribution is 7.91. The molecule has 6 heteroatoms. The summed E-state index contributed by atoms with van der Waals surface area (Å²) in [7, 11) is -3.17. The summed E-state index contributed by atoms with van der Waals surface area (Å²) in [5.41, 5.74) is 1.99. The second kappa shape index (κ2) is 7.05. The van der Waals surface area contributed by atoms with E-state index in [9.17, 15) is 8.42 Å². The summed E-state index contributed by atoms with van der Waals surface area (Å²) in [5.74, 6) is 0.368. The number of hydrogen-bond acceptors (Lipinski definition) is 4. The van der Waals surface area contributed by atoms with Gasteiger partial charge in [0, 0.05) is 12.7 Å². The Labute approximate surface area is 132 Å². The van der Waals surface area contributed by atoms with Crippen molar-refractivity contribution in [1.29, 1.82) is 0 Å². The molecule has 0 aliphatic heterocycles. The first-order chi connectivity index (χ1) is 10.5. The minimum Gasteiger partial charge on any atom is -0.253 e. The lowest BCUT2D eigenvalue weighted by atomic mass is 9.92. The van der Waals surface area contributed by atoms with Crippen molar-refractivity contribution in [3.63, 3.8) is 0 Å². The molecule has 5 nitrogen and oxygen atoms in total. The lowest BCUT2D eigenvalue weighted by Crippen LogP contribution is -2.07. The number of aromatic nitrogens is 3. The predicted molar refractivity (Wildman–Crippen MR) is 86.6 cm³/mol. The van der Waals surface area contributed by atoms with Crippen LogP contribution >= 0.6 is 0 Å². The molecule has 0 saturated carbocycles. The molecule has 0 N–H and O–H groups in total. The number of sulfone groups is 1. The smallest absolute Gasteiger partial charge is 0.178 e. The van der Waals surface area contributed by atoms with E-state index in [1.54, 1.807) is 23.7 Å². The fourth-order valence-corrected chi connectivity index (χ4v) is 3.40. The van der Waals surface area contributed by atoms with Crippen molar-refractivity contribution < 1.29 is 8.42 Å². The van der Waals surface area contributed by atoms with Crippen LogP contribution in [0, 0.1) is 0 Å². The van der Waals surface area contributed by atoms with E-state index in [0.29, 0.717) is 4.90 Å². The van der Waals surface area contributed by atoms with Gasteiger partial charge in [-0.25, -0.2) is 8.42 Å². The molecule has 0 radical (unpaired) electrons. The van der Waals surface area contributed by atoms with Gasteiger partial charge in [-0.1, -0.05) is 31.2 Å². The second-order valence-electron chi connectivity index (χ2n) is 5.35. The zero-order chi connectivity index (χ0) is 16.2. The molecule has 0 fully saturated rings. The number of hydrogen-bond donors (Lipinski definition) is 0. The average molecular weight is 321 g/mol. The molecule has 0 aliphatic rings. The molecule has 1 aromatic heterocycles. The first kappa shape index (κ1) is 16.7. The molecule has 0 amide bonds. The van der Waals surface area contributed by atoms with Crippen LogP contribution < -0.4 is 0 Å². The summed E-state index contributed by atoms with van der Waals surface area (Å²) in [4.78, 5) is 0.406. The van der Waals surface area contributed by atoms with Crippen molar-refractivity contribution in [3.8, 4) is 0 Å². The molecule has 2 aromatic rings. The van der Waals surface area contributed by atoms with Gasteiger partial charge < -0.3 is 0 Å². The molecule has 0 saturated heterocycles. The van der Waals surface area contributed by atoms with Crippen molar-refractivity contribution in [2.24, 2.45) is 0 Å². The summed E-state index contributed by atoms with van der Waals surface area (Å²) in [5, 5.41) is 8.24. The molecule has 0 spiro atoms. The number of rotatable bonds is 7. The van der Waals surface area contributed by atoms with Gasteiger partial charge in [0.15, 0.2) is 9.84 Å². The van der Waals surface area contributed by atoms with Gasteiger partial charge >= 0.3 is 0 Å².